The molecule has 15 nitrogen and oxygen atoms in total. The number of piperidine rings is 1. The molecule has 2 N–H and O–H groups in total. The van der Waals surface area contributed by atoms with Crippen LogP contribution < -0.4 is 21.2 Å². The van der Waals surface area contributed by atoms with Crippen LogP contribution in [-0.2, 0) is 38.1 Å². The molecule has 1 aromatic carbocycles. The smallest absolute Gasteiger partial charge is 0.329 e. The number of carbonyl (C=O) groups excluding carboxylic acids is 4. The van der Waals surface area contributed by atoms with E-state index in [0.717, 1.165) is 106 Å². The van der Waals surface area contributed by atoms with Crippen molar-refractivity contribution < 1.29 is 19.2 Å². The van der Waals surface area contributed by atoms with Gasteiger partial charge in [0, 0.05) is 94.6 Å². The van der Waals surface area contributed by atoms with Crippen molar-refractivity contribution in [3.8, 4) is 0 Å². The fraction of sp³-hybridized carbons (Fsp3) is 0.681. The highest BCUT2D eigenvalue weighted by Gasteiger charge is 2.62. The number of anilines is 2. The van der Waals surface area contributed by atoms with Crippen LogP contribution in [0.5, 0.6) is 0 Å². The maximum absolute atomic E-state index is 13.5. The first-order valence-electron chi connectivity index (χ1n) is 23.7. The molecule has 2 aliphatic carbocycles. The SMILES string of the molecule is CC1CCCC1N1C(=O)C2(CC2)c2cnc(NC3CCN(SN4CCC5(CCCN5C)C4)CC3)nc21.CNC(=O)C(CCC=O)n1c(=O)n(C)c2cc(CCCCCC=O)ccc21. The van der Waals surface area contributed by atoms with Crippen molar-refractivity contribution in [2.24, 2.45) is 13.0 Å². The maximum Gasteiger partial charge on any atom is 0.329 e. The second kappa shape index (κ2) is 19.5. The van der Waals surface area contributed by atoms with E-state index in [4.69, 9.17) is 9.97 Å². The van der Waals surface area contributed by atoms with Crippen LogP contribution in [0, 0.1) is 5.92 Å². The third-order valence-corrected chi connectivity index (χ3v) is 16.3. The van der Waals surface area contributed by atoms with Gasteiger partial charge >= 0.3 is 5.69 Å². The zero-order valence-electron chi connectivity index (χ0n) is 37.9. The first-order chi connectivity index (χ1) is 30.5. The highest BCUT2D eigenvalue weighted by atomic mass is 32.2. The van der Waals surface area contributed by atoms with Gasteiger partial charge in [-0.3, -0.25) is 28.5 Å². The summed E-state index contributed by atoms with van der Waals surface area (Å²) >= 11 is 1.97. The van der Waals surface area contributed by atoms with Gasteiger partial charge in [-0.2, -0.15) is 4.98 Å². The Morgan fingerprint density at radius 1 is 0.921 bits per heavy atom. The Morgan fingerprint density at radius 2 is 1.71 bits per heavy atom. The average molecular weight is 885 g/mol. The lowest BCUT2D eigenvalue weighted by molar-refractivity contribution is -0.124. The first kappa shape index (κ1) is 45.4. The average Bonchev–Trinajstić information content (AvgIpc) is 3.45. The third kappa shape index (κ3) is 9.24. The molecule has 342 valence electrons. The number of unbranched alkanes of at least 4 members (excludes halogenated alkanes) is 3. The van der Waals surface area contributed by atoms with E-state index in [9.17, 15) is 24.0 Å². The number of nitrogens with one attached hydrogen (secondary N) is 2. The monoisotopic (exact) mass is 885 g/mol. The summed E-state index contributed by atoms with van der Waals surface area (Å²) in [6.45, 7) is 8.12. The predicted octanol–water partition coefficient (Wildman–Crippen LogP) is 5.56. The van der Waals surface area contributed by atoms with Crippen LogP contribution in [0.25, 0.3) is 11.0 Å². The number of amides is 2. The van der Waals surface area contributed by atoms with Crippen LogP contribution in [0.3, 0.4) is 0 Å². The van der Waals surface area contributed by atoms with Gasteiger partial charge in [-0.15, -0.1) is 0 Å². The Morgan fingerprint density at radius 3 is 2.40 bits per heavy atom. The molecule has 0 bridgehead atoms. The molecule has 5 fully saturated rings. The largest absolute Gasteiger partial charge is 0.357 e. The molecular formula is C47H68N10O5S. The van der Waals surface area contributed by atoms with E-state index in [2.05, 4.69) is 43.0 Å². The highest BCUT2D eigenvalue weighted by molar-refractivity contribution is 7.94. The topological polar surface area (TPSA) is 158 Å². The Bertz CT molecular complexity index is 2200. The van der Waals surface area contributed by atoms with Gasteiger partial charge < -0.3 is 20.2 Å². The molecule has 3 saturated heterocycles. The second-order valence-corrected chi connectivity index (χ2v) is 20.3. The van der Waals surface area contributed by atoms with Crippen LogP contribution in [0.1, 0.15) is 127 Å². The number of benzene rings is 1. The molecule has 4 aliphatic heterocycles. The van der Waals surface area contributed by atoms with E-state index in [1.165, 1.54) is 63.4 Å². The zero-order chi connectivity index (χ0) is 44.3. The number of aryl methyl sites for hydroxylation is 2. The normalized spacial score (nSPS) is 25.1. The van der Waals surface area contributed by atoms with Gasteiger partial charge in [-0.05, 0) is 121 Å². The Hall–Kier alpha value is -4.12. The van der Waals surface area contributed by atoms with Gasteiger partial charge in [0.1, 0.15) is 24.4 Å². The molecule has 16 heteroatoms. The van der Waals surface area contributed by atoms with Crippen molar-refractivity contribution in [2.45, 2.75) is 145 Å². The number of likely N-dealkylation sites (tertiary alicyclic amines) is 1. The summed E-state index contributed by atoms with van der Waals surface area (Å²) in [5, 5.41) is 6.22. The van der Waals surface area contributed by atoms with Crippen molar-refractivity contribution in [1.29, 1.82) is 0 Å². The molecule has 2 saturated carbocycles. The molecular weight excluding hydrogens is 817 g/mol. The van der Waals surface area contributed by atoms with Gasteiger partial charge in [-0.1, -0.05) is 25.8 Å². The van der Waals surface area contributed by atoms with E-state index >= 15 is 0 Å². The zero-order valence-corrected chi connectivity index (χ0v) is 38.7. The number of aromatic nitrogens is 4. The predicted molar refractivity (Wildman–Crippen MR) is 248 cm³/mol. The van der Waals surface area contributed by atoms with E-state index in [1.807, 2.05) is 36.5 Å². The van der Waals surface area contributed by atoms with Crippen molar-refractivity contribution >= 4 is 59.3 Å². The van der Waals surface area contributed by atoms with Gasteiger partial charge in [-0.25, -0.2) is 18.4 Å². The minimum absolute atomic E-state index is 0.208. The summed E-state index contributed by atoms with van der Waals surface area (Å²) in [5.74, 6) is 2.16. The Labute approximate surface area is 376 Å². The van der Waals surface area contributed by atoms with Gasteiger partial charge in [0.05, 0.1) is 16.4 Å². The number of aldehydes is 2. The minimum Gasteiger partial charge on any atom is -0.357 e. The molecule has 4 unspecified atom stereocenters. The lowest BCUT2D eigenvalue weighted by atomic mass is 9.96. The quantitative estimate of drug-likeness (QED) is 0.105. The van der Waals surface area contributed by atoms with Crippen molar-refractivity contribution in [2.75, 3.05) is 57.0 Å². The molecule has 63 heavy (non-hydrogen) atoms. The lowest BCUT2D eigenvalue weighted by Gasteiger charge is -2.35. The van der Waals surface area contributed by atoms with Gasteiger partial charge in [0.15, 0.2) is 0 Å². The highest BCUT2D eigenvalue weighted by Crippen LogP contribution is 2.58. The molecule has 4 atom stereocenters. The Balaban J connectivity index is 0.000000181. The minimum atomic E-state index is -0.717. The fourth-order valence-electron chi connectivity index (χ4n) is 11.1. The van der Waals surface area contributed by atoms with E-state index in [1.54, 1.807) is 11.6 Å². The molecule has 0 radical (unpaired) electrons. The molecule has 6 aliphatic rings. The number of rotatable bonds is 16. The molecule has 2 spiro atoms. The summed E-state index contributed by atoms with van der Waals surface area (Å²) in [6, 6.07) is 5.79. The molecule has 3 aromatic rings. The van der Waals surface area contributed by atoms with E-state index in [-0.39, 0.29) is 29.9 Å². The van der Waals surface area contributed by atoms with Crippen LogP contribution in [0.2, 0.25) is 0 Å². The number of nitrogens with zero attached hydrogens (tertiary/aromatic N) is 8. The number of imidazole rings is 1. The summed E-state index contributed by atoms with van der Waals surface area (Å²) < 4.78 is 8.17. The van der Waals surface area contributed by atoms with Crippen molar-refractivity contribution in [1.82, 2.24) is 37.9 Å². The molecule has 2 amide bonds. The van der Waals surface area contributed by atoms with Crippen LogP contribution in [0.4, 0.5) is 11.8 Å². The number of hydrogen-bond donors (Lipinski definition) is 2. The Kier molecular flexibility index (Phi) is 14.1. The number of carbonyl (C=O) groups is 4. The molecule has 2 aromatic heterocycles. The summed E-state index contributed by atoms with van der Waals surface area (Å²) in [5.41, 5.74) is 3.51. The first-order valence-corrected chi connectivity index (χ1v) is 24.4. The number of fused-ring (bicyclic) bond motifs is 3. The fourth-order valence-corrected chi connectivity index (χ4v) is 12.3. The third-order valence-electron chi connectivity index (χ3n) is 15.2. The molecule has 9 rings (SSSR count). The summed E-state index contributed by atoms with van der Waals surface area (Å²) in [4.78, 5) is 74.1. The maximum atomic E-state index is 13.5. The van der Waals surface area contributed by atoms with E-state index in [0.29, 0.717) is 47.3 Å². The lowest BCUT2D eigenvalue weighted by Crippen LogP contribution is -2.43. The van der Waals surface area contributed by atoms with Crippen molar-refractivity contribution in [3.05, 3.63) is 46.0 Å². The summed E-state index contributed by atoms with van der Waals surface area (Å²) in [7, 11) is 5.53. The van der Waals surface area contributed by atoms with Gasteiger partial charge in [0.2, 0.25) is 17.8 Å². The van der Waals surface area contributed by atoms with E-state index < -0.39 is 6.04 Å². The van der Waals surface area contributed by atoms with Crippen LogP contribution >= 0.6 is 12.1 Å². The van der Waals surface area contributed by atoms with Crippen molar-refractivity contribution in [3.63, 3.8) is 0 Å². The number of likely N-dealkylation sites (N-methyl/N-ethyl adjacent to an activating group) is 2. The molecule has 6 heterocycles. The van der Waals surface area contributed by atoms with Crippen LogP contribution in [0.15, 0.2) is 29.2 Å². The number of hydrogen-bond acceptors (Lipinski definition) is 12. The summed E-state index contributed by atoms with van der Waals surface area (Å²) in [6.07, 6.45) is 20.1. The van der Waals surface area contributed by atoms with Gasteiger partial charge in [0.25, 0.3) is 0 Å². The standard InChI is InChI=1S/C27H41N7OS.C20H27N3O4/c1-19-5-3-6-22(19)34-23-21(27(10-11-27)24(34)35)17-28-25(30-23)29-20-7-14-32(15-8-20)36-33-16-12-26(18-33)9-4-13-31(26)2;1-21-19(26)17(9-7-13-25)23-16-11-10-15(8-5-3-4-6-12-24)14-18(16)22(2)20(23)27/h17,19-20,22H,3-16,18H2,1-2H3,(H,28,29,30);10-14,17H,3-9H2,1-2H3,(H,21,26). The van der Waals surface area contributed by atoms with Crippen LogP contribution in [-0.4, -0.2) is 121 Å². The second-order valence-electron chi connectivity index (χ2n) is 19.1.